The highest BCUT2D eigenvalue weighted by atomic mass is 15.1. The minimum absolute atomic E-state index is 0.925. The fourth-order valence-electron chi connectivity index (χ4n) is 1.22. The lowest BCUT2D eigenvalue weighted by molar-refractivity contribution is 0.274. The Morgan fingerprint density at radius 3 is 2.50 bits per heavy atom. The van der Waals surface area contributed by atoms with Gasteiger partial charge in [0.2, 0.25) is 0 Å². The third-order valence-corrected chi connectivity index (χ3v) is 2.09. The molecular formula is C11H19N3. The van der Waals surface area contributed by atoms with Gasteiger partial charge in [-0.15, -0.1) is 0 Å². The van der Waals surface area contributed by atoms with E-state index in [1.807, 2.05) is 18.3 Å². The van der Waals surface area contributed by atoms with Gasteiger partial charge in [0.05, 0.1) is 5.69 Å². The Hall–Kier alpha value is -0.930. The highest BCUT2D eigenvalue weighted by Gasteiger charge is 2.00. The minimum atomic E-state index is 0.925. The van der Waals surface area contributed by atoms with Gasteiger partial charge in [0.15, 0.2) is 0 Å². The fourth-order valence-corrected chi connectivity index (χ4v) is 1.22. The molecule has 0 aliphatic rings. The SMILES string of the molecule is CN(C)CCN(C)Cc1ccccn1. The van der Waals surface area contributed by atoms with Gasteiger partial charge in [-0.3, -0.25) is 9.88 Å². The summed E-state index contributed by atoms with van der Waals surface area (Å²) in [6.45, 7) is 3.08. The van der Waals surface area contributed by atoms with E-state index in [0.29, 0.717) is 0 Å². The predicted octanol–water partition coefficient (Wildman–Crippen LogP) is 1.07. The Labute approximate surface area is 86.4 Å². The van der Waals surface area contributed by atoms with E-state index >= 15 is 0 Å². The van der Waals surface area contributed by atoms with Crippen LogP contribution < -0.4 is 0 Å². The fraction of sp³-hybridized carbons (Fsp3) is 0.545. The molecule has 0 fully saturated rings. The first-order valence-electron chi connectivity index (χ1n) is 4.91. The normalized spacial score (nSPS) is 11.2. The van der Waals surface area contributed by atoms with Gasteiger partial charge >= 0.3 is 0 Å². The molecule has 0 saturated heterocycles. The summed E-state index contributed by atoms with van der Waals surface area (Å²) >= 11 is 0. The molecule has 0 N–H and O–H groups in total. The lowest BCUT2D eigenvalue weighted by Crippen LogP contribution is -2.28. The zero-order chi connectivity index (χ0) is 10.4. The number of likely N-dealkylation sites (N-methyl/N-ethyl adjacent to an activating group) is 2. The van der Waals surface area contributed by atoms with Crippen molar-refractivity contribution in [2.45, 2.75) is 6.54 Å². The first-order chi connectivity index (χ1) is 6.68. The standard InChI is InChI=1S/C11H19N3/c1-13(2)8-9-14(3)10-11-6-4-5-7-12-11/h4-7H,8-10H2,1-3H3. The van der Waals surface area contributed by atoms with Crippen LogP contribution in [0.3, 0.4) is 0 Å². The number of aromatic nitrogens is 1. The Morgan fingerprint density at radius 1 is 1.14 bits per heavy atom. The zero-order valence-electron chi connectivity index (χ0n) is 9.27. The molecule has 0 aromatic carbocycles. The first-order valence-corrected chi connectivity index (χ1v) is 4.91. The average molecular weight is 193 g/mol. The lowest BCUT2D eigenvalue weighted by Gasteiger charge is -2.18. The van der Waals surface area contributed by atoms with Crippen LogP contribution in [0.2, 0.25) is 0 Å². The van der Waals surface area contributed by atoms with Gasteiger partial charge in [0.25, 0.3) is 0 Å². The van der Waals surface area contributed by atoms with Gasteiger partial charge < -0.3 is 4.90 Å². The molecule has 14 heavy (non-hydrogen) atoms. The summed E-state index contributed by atoms with van der Waals surface area (Å²) in [7, 11) is 6.31. The van der Waals surface area contributed by atoms with E-state index in [1.54, 1.807) is 0 Å². The molecule has 0 aliphatic heterocycles. The van der Waals surface area contributed by atoms with Gasteiger partial charge in [-0.2, -0.15) is 0 Å². The molecular weight excluding hydrogens is 174 g/mol. The van der Waals surface area contributed by atoms with Crippen molar-refractivity contribution in [1.82, 2.24) is 14.8 Å². The molecule has 0 atom stereocenters. The van der Waals surface area contributed by atoms with E-state index in [0.717, 1.165) is 25.3 Å². The van der Waals surface area contributed by atoms with Crippen LogP contribution in [0.15, 0.2) is 24.4 Å². The van der Waals surface area contributed by atoms with Crippen molar-refractivity contribution >= 4 is 0 Å². The van der Waals surface area contributed by atoms with Crippen LogP contribution >= 0.6 is 0 Å². The molecule has 0 spiro atoms. The van der Waals surface area contributed by atoms with Gasteiger partial charge in [0, 0.05) is 25.8 Å². The van der Waals surface area contributed by atoms with Crippen LogP contribution in [0.1, 0.15) is 5.69 Å². The van der Waals surface area contributed by atoms with Crippen molar-refractivity contribution in [1.29, 1.82) is 0 Å². The monoisotopic (exact) mass is 193 g/mol. The molecule has 0 aliphatic carbocycles. The maximum atomic E-state index is 4.29. The Balaban J connectivity index is 2.30. The molecule has 0 radical (unpaired) electrons. The molecule has 1 heterocycles. The highest BCUT2D eigenvalue weighted by Crippen LogP contribution is 1.97. The topological polar surface area (TPSA) is 19.4 Å². The maximum Gasteiger partial charge on any atom is 0.0543 e. The first kappa shape index (κ1) is 11.1. The lowest BCUT2D eigenvalue weighted by atomic mass is 10.3. The summed E-state index contributed by atoms with van der Waals surface area (Å²) in [4.78, 5) is 8.76. The smallest absolute Gasteiger partial charge is 0.0543 e. The van der Waals surface area contributed by atoms with Crippen molar-refractivity contribution in [3.05, 3.63) is 30.1 Å². The van der Waals surface area contributed by atoms with E-state index in [2.05, 4.69) is 42.0 Å². The quantitative estimate of drug-likeness (QED) is 0.697. The van der Waals surface area contributed by atoms with Crippen molar-refractivity contribution in [2.75, 3.05) is 34.2 Å². The highest BCUT2D eigenvalue weighted by molar-refractivity contribution is 5.02. The predicted molar refractivity (Wildman–Crippen MR) is 59.1 cm³/mol. The second-order valence-electron chi connectivity index (χ2n) is 3.86. The van der Waals surface area contributed by atoms with Gasteiger partial charge in [-0.25, -0.2) is 0 Å². The van der Waals surface area contributed by atoms with Gasteiger partial charge in [-0.05, 0) is 33.3 Å². The number of hydrogen-bond donors (Lipinski definition) is 0. The van der Waals surface area contributed by atoms with Crippen LogP contribution in [0.25, 0.3) is 0 Å². The van der Waals surface area contributed by atoms with Crippen LogP contribution in [-0.4, -0.2) is 49.0 Å². The largest absolute Gasteiger partial charge is 0.308 e. The molecule has 0 unspecified atom stereocenters. The molecule has 0 bridgehead atoms. The van der Waals surface area contributed by atoms with E-state index in [4.69, 9.17) is 0 Å². The Kier molecular flexibility index (Phi) is 4.56. The van der Waals surface area contributed by atoms with Crippen LogP contribution in [0.4, 0.5) is 0 Å². The average Bonchev–Trinajstić information content (AvgIpc) is 2.16. The Morgan fingerprint density at radius 2 is 1.93 bits per heavy atom. The van der Waals surface area contributed by atoms with Crippen LogP contribution in [-0.2, 0) is 6.54 Å². The summed E-state index contributed by atoms with van der Waals surface area (Å²) in [5.74, 6) is 0. The molecule has 0 saturated carbocycles. The molecule has 3 heteroatoms. The number of rotatable bonds is 5. The summed E-state index contributed by atoms with van der Waals surface area (Å²) in [6, 6.07) is 6.04. The van der Waals surface area contributed by atoms with Gasteiger partial charge in [-0.1, -0.05) is 6.07 Å². The summed E-state index contributed by atoms with van der Waals surface area (Å²) in [5, 5.41) is 0. The summed E-state index contributed by atoms with van der Waals surface area (Å²) in [5.41, 5.74) is 1.13. The number of pyridine rings is 1. The van der Waals surface area contributed by atoms with Gasteiger partial charge in [0.1, 0.15) is 0 Å². The Bertz CT molecular complexity index is 246. The second-order valence-corrected chi connectivity index (χ2v) is 3.86. The zero-order valence-corrected chi connectivity index (χ0v) is 9.27. The van der Waals surface area contributed by atoms with E-state index in [1.165, 1.54) is 0 Å². The van der Waals surface area contributed by atoms with Crippen molar-refractivity contribution < 1.29 is 0 Å². The molecule has 1 rings (SSSR count). The number of hydrogen-bond acceptors (Lipinski definition) is 3. The van der Waals surface area contributed by atoms with Crippen LogP contribution in [0.5, 0.6) is 0 Å². The van der Waals surface area contributed by atoms with E-state index < -0.39 is 0 Å². The molecule has 0 amide bonds. The van der Waals surface area contributed by atoms with Crippen molar-refractivity contribution in [3.8, 4) is 0 Å². The maximum absolute atomic E-state index is 4.29. The van der Waals surface area contributed by atoms with E-state index in [9.17, 15) is 0 Å². The minimum Gasteiger partial charge on any atom is -0.308 e. The summed E-state index contributed by atoms with van der Waals surface area (Å²) < 4.78 is 0. The summed E-state index contributed by atoms with van der Waals surface area (Å²) in [6.07, 6.45) is 1.84. The molecule has 1 aromatic heterocycles. The number of nitrogens with zero attached hydrogens (tertiary/aromatic N) is 3. The third-order valence-electron chi connectivity index (χ3n) is 2.09. The van der Waals surface area contributed by atoms with Crippen molar-refractivity contribution in [3.63, 3.8) is 0 Å². The van der Waals surface area contributed by atoms with E-state index in [-0.39, 0.29) is 0 Å². The third kappa shape index (κ3) is 4.35. The molecule has 3 nitrogen and oxygen atoms in total. The molecule has 1 aromatic rings. The second kappa shape index (κ2) is 5.73. The van der Waals surface area contributed by atoms with Crippen molar-refractivity contribution in [2.24, 2.45) is 0 Å². The molecule has 78 valence electrons. The van der Waals surface area contributed by atoms with Crippen LogP contribution in [0, 0.1) is 0 Å².